The van der Waals surface area contributed by atoms with Crippen molar-refractivity contribution in [1.29, 1.82) is 0 Å². The summed E-state index contributed by atoms with van der Waals surface area (Å²) in [5.41, 5.74) is 1.93. The summed E-state index contributed by atoms with van der Waals surface area (Å²) in [6, 6.07) is 13.2. The standard InChI is InChI=1S/C13H13NO2/c1-10-7-8-12(14-10)16-13(15)9-11-5-3-2-4-6-11/h2-8,14H,9H2,1H3. The fourth-order valence-electron chi connectivity index (χ4n) is 1.46. The predicted molar refractivity (Wildman–Crippen MR) is 61.3 cm³/mol. The number of H-pyrrole nitrogens is 1. The third-order valence-electron chi connectivity index (χ3n) is 2.22. The third kappa shape index (κ3) is 2.73. The molecule has 3 heteroatoms. The van der Waals surface area contributed by atoms with Gasteiger partial charge in [0.2, 0.25) is 5.88 Å². The highest BCUT2D eigenvalue weighted by atomic mass is 16.5. The molecule has 1 heterocycles. The lowest BCUT2D eigenvalue weighted by Crippen LogP contribution is -2.11. The summed E-state index contributed by atoms with van der Waals surface area (Å²) in [5, 5.41) is 0. The summed E-state index contributed by atoms with van der Waals surface area (Å²) >= 11 is 0. The fourth-order valence-corrected chi connectivity index (χ4v) is 1.46. The minimum atomic E-state index is -0.256. The zero-order valence-electron chi connectivity index (χ0n) is 9.07. The quantitative estimate of drug-likeness (QED) is 0.799. The van der Waals surface area contributed by atoms with E-state index in [9.17, 15) is 4.79 Å². The molecule has 1 N–H and O–H groups in total. The van der Waals surface area contributed by atoms with Gasteiger partial charge in [0.15, 0.2) is 0 Å². The van der Waals surface area contributed by atoms with Gasteiger partial charge in [-0.3, -0.25) is 4.79 Å². The van der Waals surface area contributed by atoms with Crippen molar-refractivity contribution in [2.45, 2.75) is 13.3 Å². The number of hydrogen-bond acceptors (Lipinski definition) is 2. The first-order valence-corrected chi connectivity index (χ1v) is 5.14. The molecule has 82 valence electrons. The Labute approximate surface area is 94.1 Å². The molecular formula is C13H13NO2. The first kappa shape index (κ1) is 10.5. The van der Waals surface area contributed by atoms with E-state index in [4.69, 9.17) is 4.74 Å². The van der Waals surface area contributed by atoms with Gasteiger partial charge in [-0.1, -0.05) is 30.3 Å². The van der Waals surface area contributed by atoms with Gasteiger partial charge in [0.05, 0.1) is 6.42 Å². The lowest BCUT2D eigenvalue weighted by Gasteiger charge is -2.01. The van der Waals surface area contributed by atoms with Gasteiger partial charge in [-0.25, -0.2) is 0 Å². The number of nitrogens with one attached hydrogen (secondary N) is 1. The van der Waals surface area contributed by atoms with Crippen LogP contribution in [0, 0.1) is 6.92 Å². The molecular weight excluding hydrogens is 202 g/mol. The largest absolute Gasteiger partial charge is 0.409 e. The van der Waals surface area contributed by atoms with E-state index >= 15 is 0 Å². The minimum absolute atomic E-state index is 0.256. The molecule has 3 nitrogen and oxygen atoms in total. The number of benzene rings is 1. The SMILES string of the molecule is Cc1ccc(OC(=O)Cc2ccccc2)[nH]1. The van der Waals surface area contributed by atoms with Gasteiger partial charge in [0, 0.05) is 11.8 Å². The van der Waals surface area contributed by atoms with Gasteiger partial charge >= 0.3 is 5.97 Å². The van der Waals surface area contributed by atoms with Crippen LogP contribution in [0.5, 0.6) is 5.88 Å². The summed E-state index contributed by atoms with van der Waals surface area (Å²) in [7, 11) is 0. The van der Waals surface area contributed by atoms with Crippen LogP contribution in [0.15, 0.2) is 42.5 Å². The van der Waals surface area contributed by atoms with E-state index in [2.05, 4.69) is 4.98 Å². The Hall–Kier alpha value is -2.03. The van der Waals surface area contributed by atoms with Crippen molar-refractivity contribution in [3.8, 4) is 5.88 Å². The molecule has 0 saturated heterocycles. The zero-order chi connectivity index (χ0) is 11.4. The summed E-state index contributed by atoms with van der Waals surface area (Å²) in [6.45, 7) is 1.91. The van der Waals surface area contributed by atoms with Crippen molar-refractivity contribution in [3.63, 3.8) is 0 Å². The van der Waals surface area contributed by atoms with E-state index in [-0.39, 0.29) is 5.97 Å². The van der Waals surface area contributed by atoms with Crippen molar-refractivity contribution in [3.05, 3.63) is 53.7 Å². The maximum Gasteiger partial charge on any atom is 0.316 e. The number of esters is 1. The van der Waals surface area contributed by atoms with Crippen LogP contribution in [0.3, 0.4) is 0 Å². The molecule has 0 bridgehead atoms. The van der Waals surface area contributed by atoms with Gasteiger partial charge in [-0.2, -0.15) is 0 Å². The predicted octanol–water partition coefficient (Wildman–Crippen LogP) is 2.47. The van der Waals surface area contributed by atoms with Crippen LogP contribution in [0.2, 0.25) is 0 Å². The van der Waals surface area contributed by atoms with E-state index in [1.807, 2.05) is 43.3 Å². The second kappa shape index (κ2) is 4.66. The average Bonchev–Trinajstić information content (AvgIpc) is 2.65. The molecule has 0 saturated carbocycles. The maximum atomic E-state index is 11.5. The second-order valence-electron chi connectivity index (χ2n) is 3.64. The molecule has 0 aliphatic heterocycles. The van der Waals surface area contributed by atoms with Gasteiger partial charge in [-0.15, -0.1) is 0 Å². The Kier molecular flexibility index (Phi) is 3.05. The molecule has 2 rings (SSSR count). The number of aryl methyl sites for hydroxylation is 1. The highest BCUT2D eigenvalue weighted by molar-refractivity contribution is 5.74. The van der Waals surface area contributed by atoms with E-state index in [1.165, 1.54) is 0 Å². The van der Waals surface area contributed by atoms with Crippen LogP contribution in [0.25, 0.3) is 0 Å². The highest BCUT2D eigenvalue weighted by Gasteiger charge is 2.06. The van der Waals surface area contributed by atoms with Crippen molar-refractivity contribution in [2.75, 3.05) is 0 Å². The van der Waals surface area contributed by atoms with Gasteiger partial charge in [-0.05, 0) is 18.6 Å². The molecule has 1 aromatic carbocycles. The second-order valence-corrected chi connectivity index (χ2v) is 3.64. The molecule has 1 aromatic heterocycles. The third-order valence-corrected chi connectivity index (χ3v) is 2.22. The summed E-state index contributed by atoms with van der Waals surface area (Å²) in [6.07, 6.45) is 0.291. The molecule has 0 fully saturated rings. The Morgan fingerprint density at radius 1 is 1.19 bits per heavy atom. The van der Waals surface area contributed by atoms with E-state index in [0.29, 0.717) is 12.3 Å². The molecule has 2 aromatic rings. The van der Waals surface area contributed by atoms with Crippen molar-refractivity contribution in [1.82, 2.24) is 4.98 Å². The highest BCUT2D eigenvalue weighted by Crippen LogP contribution is 2.10. The summed E-state index contributed by atoms with van der Waals surface area (Å²) < 4.78 is 5.14. The van der Waals surface area contributed by atoms with Crippen LogP contribution in [0.1, 0.15) is 11.3 Å². The zero-order valence-corrected chi connectivity index (χ0v) is 9.07. The average molecular weight is 215 g/mol. The number of hydrogen-bond donors (Lipinski definition) is 1. The van der Waals surface area contributed by atoms with Gasteiger partial charge in [0.1, 0.15) is 0 Å². The van der Waals surface area contributed by atoms with Crippen LogP contribution in [0.4, 0.5) is 0 Å². The smallest absolute Gasteiger partial charge is 0.316 e. The van der Waals surface area contributed by atoms with Gasteiger partial charge in [0.25, 0.3) is 0 Å². The number of rotatable bonds is 3. The monoisotopic (exact) mass is 215 g/mol. The molecule has 0 atom stereocenters. The first-order valence-electron chi connectivity index (χ1n) is 5.14. The topological polar surface area (TPSA) is 42.1 Å². The van der Waals surface area contributed by atoms with E-state index in [0.717, 1.165) is 11.3 Å². The number of carbonyl (C=O) groups excluding carboxylic acids is 1. The summed E-state index contributed by atoms with van der Waals surface area (Å²) in [4.78, 5) is 14.5. The number of aromatic amines is 1. The molecule has 0 aliphatic rings. The van der Waals surface area contributed by atoms with Crippen molar-refractivity contribution < 1.29 is 9.53 Å². The van der Waals surface area contributed by atoms with Crippen molar-refractivity contribution >= 4 is 5.97 Å². The fraction of sp³-hybridized carbons (Fsp3) is 0.154. The number of ether oxygens (including phenoxy) is 1. The minimum Gasteiger partial charge on any atom is -0.409 e. The Bertz CT molecular complexity index is 474. The van der Waals surface area contributed by atoms with E-state index in [1.54, 1.807) is 6.07 Å². The van der Waals surface area contributed by atoms with Crippen LogP contribution >= 0.6 is 0 Å². The number of aromatic nitrogens is 1. The lowest BCUT2D eigenvalue weighted by molar-refractivity contribution is -0.133. The normalized spacial score (nSPS) is 10.1. The maximum absolute atomic E-state index is 11.5. The molecule has 0 radical (unpaired) electrons. The summed E-state index contributed by atoms with van der Waals surface area (Å²) in [5.74, 6) is 0.242. The van der Waals surface area contributed by atoms with Crippen LogP contribution in [-0.2, 0) is 11.2 Å². The lowest BCUT2D eigenvalue weighted by atomic mass is 10.2. The first-order chi connectivity index (χ1) is 7.74. The Balaban J connectivity index is 1.95. The Morgan fingerprint density at radius 3 is 2.56 bits per heavy atom. The number of carbonyl (C=O) groups is 1. The van der Waals surface area contributed by atoms with Crippen LogP contribution in [-0.4, -0.2) is 11.0 Å². The Morgan fingerprint density at radius 2 is 1.94 bits per heavy atom. The molecule has 0 spiro atoms. The molecule has 0 aliphatic carbocycles. The molecule has 0 unspecified atom stereocenters. The van der Waals surface area contributed by atoms with Crippen molar-refractivity contribution in [2.24, 2.45) is 0 Å². The van der Waals surface area contributed by atoms with Crippen LogP contribution < -0.4 is 4.74 Å². The molecule has 16 heavy (non-hydrogen) atoms. The van der Waals surface area contributed by atoms with E-state index < -0.39 is 0 Å². The molecule has 0 amide bonds. The van der Waals surface area contributed by atoms with Gasteiger partial charge < -0.3 is 9.72 Å².